The minimum atomic E-state index is 0.437. The van der Waals surface area contributed by atoms with Crippen molar-refractivity contribution < 1.29 is 0 Å². The Hall–Kier alpha value is -1.85. The maximum absolute atomic E-state index is 5.58. The van der Waals surface area contributed by atoms with Crippen LogP contribution in [0.4, 0.5) is 5.82 Å². The van der Waals surface area contributed by atoms with E-state index in [0.29, 0.717) is 11.7 Å². The lowest BCUT2D eigenvalue weighted by Crippen LogP contribution is -2.13. The number of anilines is 1. The molecule has 15 heavy (non-hydrogen) atoms. The lowest BCUT2D eigenvalue weighted by molar-refractivity contribution is 0.558. The Morgan fingerprint density at radius 3 is 2.93 bits per heavy atom. The molecule has 0 bridgehead atoms. The molecule has 6 heteroatoms. The summed E-state index contributed by atoms with van der Waals surface area (Å²) >= 11 is 0. The van der Waals surface area contributed by atoms with E-state index in [9.17, 15) is 0 Å². The standard InChI is InChI=1S/C9H12N6/c10-9-4-7(11-14-9)5-1-2-6-8(3-5)13-15-12-6/h4-5H,1-3H2,(H3,10,11,14)(H,12,13,15). The summed E-state index contributed by atoms with van der Waals surface area (Å²) in [7, 11) is 0. The van der Waals surface area contributed by atoms with Crippen molar-refractivity contribution in [1.29, 1.82) is 0 Å². The van der Waals surface area contributed by atoms with Crippen LogP contribution in [0.25, 0.3) is 0 Å². The van der Waals surface area contributed by atoms with Gasteiger partial charge in [-0.3, -0.25) is 5.10 Å². The number of H-pyrrole nitrogens is 2. The second-order valence-corrected chi connectivity index (χ2v) is 3.90. The lowest BCUT2D eigenvalue weighted by atomic mass is 9.87. The molecule has 0 aromatic carbocycles. The van der Waals surface area contributed by atoms with Crippen LogP contribution in [-0.2, 0) is 12.8 Å². The van der Waals surface area contributed by atoms with Crippen LogP contribution < -0.4 is 5.73 Å². The first kappa shape index (κ1) is 8.46. The number of nitrogens with zero attached hydrogens (tertiary/aromatic N) is 3. The molecular weight excluding hydrogens is 192 g/mol. The van der Waals surface area contributed by atoms with Crippen LogP contribution in [0, 0.1) is 0 Å². The Kier molecular flexibility index (Phi) is 1.74. The van der Waals surface area contributed by atoms with Gasteiger partial charge in [0.15, 0.2) is 0 Å². The molecule has 0 saturated carbocycles. The Morgan fingerprint density at radius 1 is 1.27 bits per heavy atom. The fourth-order valence-corrected chi connectivity index (χ4v) is 2.11. The van der Waals surface area contributed by atoms with Crippen LogP contribution in [-0.4, -0.2) is 25.6 Å². The molecule has 4 N–H and O–H groups in total. The zero-order chi connectivity index (χ0) is 10.3. The van der Waals surface area contributed by atoms with Crippen LogP contribution in [0.1, 0.15) is 29.4 Å². The van der Waals surface area contributed by atoms with E-state index >= 15 is 0 Å². The van der Waals surface area contributed by atoms with Crippen LogP contribution in [0.15, 0.2) is 6.07 Å². The van der Waals surface area contributed by atoms with Crippen LogP contribution >= 0.6 is 0 Å². The minimum Gasteiger partial charge on any atom is -0.382 e. The van der Waals surface area contributed by atoms with Crippen molar-refractivity contribution in [3.8, 4) is 0 Å². The summed E-state index contributed by atoms with van der Waals surface area (Å²) in [6.07, 6.45) is 2.95. The normalized spacial score (nSPS) is 20.1. The van der Waals surface area contributed by atoms with Crippen molar-refractivity contribution in [2.24, 2.45) is 0 Å². The van der Waals surface area contributed by atoms with Crippen molar-refractivity contribution in [3.63, 3.8) is 0 Å². The molecule has 1 aliphatic carbocycles. The Morgan fingerprint density at radius 2 is 2.13 bits per heavy atom. The molecule has 2 heterocycles. The highest BCUT2D eigenvalue weighted by molar-refractivity contribution is 5.31. The number of aryl methyl sites for hydroxylation is 1. The Bertz CT molecular complexity index is 470. The highest BCUT2D eigenvalue weighted by Crippen LogP contribution is 2.29. The smallest absolute Gasteiger partial charge is 0.145 e. The van der Waals surface area contributed by atoms with Gasteiger partial charge in [0.05, 0.1) is 11.4 Å². The van der Waals surface area contributed by atoms with Crippen LogP contribution in [0.2, 0.25) is 0 Å². The van der Waals surface area contributed by atoms with E-state index in [1.54, 1.807) is 0 Å². The number of hydrogen-bond donors (Lipinski definition) is 3. The molecule has 0 fully saturated rings. The van der Waals surface area contributed by atoms with Gasteiger partial charge >= 0.3 is 0 Å². The maximum Gasteiger partial charge on any atom is 0.145 e. The summed E-state index contributed by atoms with van der Waals surface area (Å²) < 4.78 is 0. The monoisotopic (exact) mass is 204 g/mol. The van der Waals surface area contributed by atoms with Gasteiger partial charge in [-0.25, -0.2) is 0 Å². The molecule has 0 spiro atoms. The van der Waals surface area contributed by atoms with Gasteiger partial charge in [0, 0.05) is 24.1 Å². The summed E-state index contributed by atoms with van der Waals surface area (Å²) in [5.41, 5.74) is 8.85. The maximum atomic E-state index is 5.58. The number of nitrogens with two attached hydrogens (primary N) is 1. The zero-order valence-corrected chi connectivity index (χ0v) is 8.20. The number of nitrogen functional groups attached to an aromatic ring is 1. The lowest BCUT2D eigenvalue weighted by Gasteiger charge is -2.18. The van der Waals surface area contributed by atoms with E-state index in [4.69, 9.17) is 5.73 Å². The SMILES string of the molecule is Nc1cc(C2CCc3n[nH]nc3C2)[nH]n1. The van der Waals surface area contributed by atoms with Crippen molar-refractivity contribution in [2.45, 2.75) is 25.2 Å². The predicted octanol–water partition coefficient (Wildman–Crippen LogP) is 0.382. The molecule has 0 radical (unpaired) electrons. The first-order chi connectivity index (χ1) is 7.33. The third-order valence-electron chi connectivity index (χ3n) is 2.93. The molecule has 2 aromatic rings. The molecular formula is C9H12N6. The largest absolute Gasteiger partial charge is 0.382 e. The van der Waals surface area contributed by atoms with Crippen molar-refractivity contribution in [1.82, 2.24) is 25.6 Å². The van der Waals surface area contributed by atoms with Crippen molar-refractivity contribution in [3.05, 3.63) is 23.1 Å². The van der Waals surface area contributed by atoms with Gasteiger partial charge in [0.2, 0.25) is 0 Å². The summed E-state index contributed by atoms with van der Waals surface area (Å²) in [6, 6.07) is 1.90. The summed E-state index contributed by atoms with van der Waals surface area (Å²) in [4.78, 5) is 0. The van der Waals surface area contributed by atoms with Crippen molar-refractivity contribution in [2.75, 3.05) is 5.73 Å². The number of aromatic nitrogens is 5. The fourth-order valence-electron chi connectivity index (χ4n) is 2.11. The Labute approximate surface area is 86.3 Å². The molecule has 1 atom stereocenters. The molecule has 1 aliphatic rings. The van der Waals surface area contributed by atoms with E-state index in [1.165, 1.54) is 0 Å². The van der Waals surface area contributed by atoms with E-state index in [0.717, 1.165) is 36.3 Å². The fraction of sp³-hybridized carbons (Fsp3) is 0.444. The molecule has 6 nitrogen and oxygen atoms in total. The first-order valence-corrected chi connectivity index (χ1v) is 5.02. The van der Waals surface area contributed by atoms with E-state index in [2.05, 4.69) is 25.6 Å². The average Bonchev–Trinajstić information content (AvgIpc) is 2.84. The van der Waals surface area contributed by atoms with Gasteiger partial charge < -0.3 is 5.73 Å². The molecule has 78 valence electrons. The van der Waals surface area contributed by atoms with Gasteiger partial charge in [0.25, 0.3) is 0 Å². The average molecular weight is 204 g/mol. The highest BCUT2D eigenvalue weighted by Gasteiger charge is 2.24. The third kappa shape index (κ3) is 1.38. The van der Waals surface area contributed by atoms with E-state index in [-0.39, 0.29) is 0 Å². The van der Waals surface area contributed by atoms with Crippen molar-refractivity contribution >= 4 is 5.82 Å². The number of aromatic amines is 2. The molecule has 0 saturated heterocycles. The predicted molar refractivity (Wildman–Crippen MR) is 54.1 cm³/mol. The molecule has 1 unspecified atom stereocenters. The summed E-state index contributed by atoms with van der Waals surface area (Å²) in [5.74, 6) is 0.989. The second kappa shape index (κ2) is 3.08. The molecule has 0 aliphatic heterocycles. The number of fused-ring (bicyclic) bond motifs is 1. The van der Waals surface area contributed by atoms with E-state index < -0.39 is 0 Å². The number of rotatable bonds is 1. The summed E-state index contributed by atoms with van der Waals surface area (Å²) in [6.45, 7) is 0. The quantitative estimate of drug-likeness (QED) is 0.625. The van der Waals surface area contributed by atoms with Gasteiger partial charge in [-0.05, 0) is 12.8 Å². The van der Waals surface area contributed by atoms with Gasteiger partial charge in [-0.2, -0.15) is 20.5 Å². The number of nitrogens with one attached hydrogen (secondary N) is 2. The number of hydrogen-bond acceptors (Lipinski definition) is 4. The van der Waals surface area contributed by atoms with Crippen LogP contribution in [0.5, 0.6) is 0 Å². The minimum absolute atomic E-state index is 0.437. The topological polar surface area (TPSA) is 96.3 Å². The van der Waals surface area contributed by atoms with E-state index in [1.807, 2.05) is 6.07 Å². The second-order valence-electron chi connectivity index (χ2n) is 3.90. The third-order valence-corrected chi connectivity index (χ3v) is 2.93. The van der Waals surface area contributed by atoms with Gasteiger partial charge in [-0.15, -0.1) is 0 Å². The van der Waals surface area contributed by atoms with Crippen LogP contribution in [0.3, 0.4) is 0 Å². The molecule has 3 rings (SSSR count). The first-order valence-electron chi connectivity index (χ1n) is 5.02. The van der Waals surface area contributed by atoms with Gasteiger partial charge in [0.1, 0.15) is 5.82 Å². The Balaban J connectivity index is 1.87. The zero-order valence-electron chi connectivity index (χ0n) is 8.20. The highest BCUT2D eigenvalue weighted by atomic mass is 15.3. The molecule has 2 aromatic heterocycles. The van der Waals surface area contributed by atoms with Gasteiger partial charge in [-0.1, -0.05) is 0 Å². The molecule has 0 amide bonds. The summed E-state index contributed by atoms with van der Waals surface area (Å²) in [5, 5.41) is 17.8.